The maximum absolute atomic E-state index is 9.87. The van der Waals surface area contributed by atoms with Crippen molar-refractivity contribution in [3.05, 3.63) is 66.7 Å². The topological polar surface area (TPSA) is 84.9 Å². The molecule has 3 aromatic carbocycles. The van der Waals surface area contributed by atoms with E-state index in [0.29, 0.717) is 18.9 Å². The highest BCUT2D eigenvalue weighted by Crippen LogP contribution is 2.47. The van der Waals surface area contributed by atoms with Crippen LogP contribution in [0.15, 0.2) is 66.7 Å². The molecule has 0 atom stereocenters. The van der Waals surface area contributed by atoms with E-state index >= 15 is 0 Å². The zero-order chi connectivity index (χ0) is 20.9. The van der Waals surface area contributed by atoms with Gasteiger partial charge in [-0.2, -0.15) is 0 Å². The number of fused-ring (bicyclic) bond motifs is 1. The third kappa shape index (κ3) is 4.50. The van der Waals surface area contributed by atoms with Crippen LogP contribution in [-0.4, -0.2) is 23.4 Å². The molecule has 4 N–H and O–H groups in total. The van der Waals surface area contributed by atoms with Gasteiger partial charge in [0.15, 0.2) is 5.75 Å². The van der Waals surface area contributed by atoms with Crippen molar-refractivity contribution in [2.45, 2.75) is 12.8 Å². The molecule has 5 nitrogen and oxygen atoms in total. The van der Waals surface area contributed by atoms with E-state index in [-0.39, 0.29) is 11.5 Å². The van der Waals surface area contributed by atoms with Crippen molar-refractivity contribution < 1.29 is 19.7 Å². The van der Waals surface area contributed by atoms with Crippen molar-refractivity contribution in [3.8, 4) is 39.2 Å². The fourth-order valence-corrected chi connectivity index (χ4v) is 4.29. The Morgan fingerprint density at radius 2 is 1.50 bits per heavy atom. The van der Waals surface area contributed by atoms with Crippen LogP contribution in [0, 0.1) is 0 Å². The summed E-state index contributed by atoms with van der Waals surface area (Å²) in [6.45, 7) is 1.31. The summed E-state index contributed by atoms with van der Waals surface area (Å²) in [6, 6.07) is 19.8. The molecule has 0 unspecified atom stereocenters. The summed E-state index contributed by atoms with van der Waals surface area (Å²) in [4.78, 5) is 0.928. The standard InChI is InChI=1S/C24H23NO4S/c25-13-1-2-14-28-19-8-10-20(11-9-19)29-23-21-12-7-18(27)15-22(21)30-24(23)16-3-5-17(26)6-4-16/h3-12,15,26-27H,1-2,13-14,25H2. The lowest BCUT2D eigenvalue weighted by Crippen LogP contribution is -2.03. The maximum Gasteiger partial charge on any atom is 0.153 e. The van der Waals surface area contributed by atoms with Crippen LogP contribution in [0.1, 0.15) is 12.8 Å². The van der Waals surface area contributed by atoms with Gasteiger partial charge in [-0.3, -0.25) is 0 Å². The average molecular weight is 422 g/mol. The van der Waals surface area contributed by atoms with Crippen LogP contribution in [0.4, 0.5) is 0 Å². The first-order valence-electron chi connectivity index (χ1n) is 9.80. The van der Waals surface area contributed by atoms with Crippen molar-refractivity contribution in [3.63, 3.8) is 0 Å². The highest BCUT2D eigenvalue weighted by Gasteiger charge is 2.17. The lowest BCUT2D eigenvalue weighted by molar-refractivity contribution is 0.307. The third-order valence-corrected chi connectivity index (χ3v) is 5.85. The number of nitrogens with two attached hydrogens (primary N) is 1. The molecule has 4 rings (SSSR count). The number of unbranched alkanes of at least 4 members (excludes halogenated alkanes) is 1. The number of ether oxygens (including phenoxy) is 2. The summed E-state index contributed by atoms with van der Waals surface area (Å²) in [5.41, 5.74) is 6.44. The quantitative estimate of drug-likeness (QED) is 0.309. The number of benzene rings is 3. The first-order valence-corrected chi connectivity index (χ1v) is 10.6. The van der Waals surface area contributed by atoms with Crippen molar-refractivity contribution in [2.75, 3.05) is 13.2 Å². The Balaban J connectivity index is 1.63. The minimum atomic E-state index is 0.210. The summed E-state index contributed by atoms with van der Waals surface area (Å²) in [6.07, 6.45) is 1.88. The lowest BCUT2D eigenvalue weighted by Gasteiger charge is -2.10. The van der Waals surface area contributed by atoms with E-state index in [2.05, 4.69) is 0 Å². The minimum Gasteiger partial charge on any atom is -0.508 e. The molecule has 1 aromatic heterocycles. The van der Waals surface area contributed by atoms with Crippen LogP contribution in [0.5, 0.6) is 28.7 Å². The molecule has 0 aliphatic carbocycles. The highest BCUT2D eigenvalue weighted by atomic mass is 32.1. The van der Waals surface area contributed by atoms with Gasteiger partial charge in [0.05, 0.1) is 11.5 Å². The van der Waals surface area contributed by atoms with E-state index in [1.807, 2.05) is 42.5 Å². The van der Waals surface area contributed by atoms with Gasteiger partial charge in [0.25, 0.3) is 0 Å². The molecule has 30 heavy (non-hydrogen) atoms. The number of aromatic hydroxyl groups is 2. The fourth-order valence-electron chi connectivity index (χ4n) is 3.12. The van der Waals surface area contributed by atoms with Gasteiger partial charge in [-0.1, -0.05) is 0 Å². The second-order valence-electron chi connectivity index (χ2n) is 6.91. The number of hydrogen-bond acceptors (Lipinski definition) is 6. The molecule has 0 saturated carbocycles. The number of phenols is 2. The van der Waals surface area contributed by atoms with Crippen LogP contribution in [-0.2, 0) is 0 Å². The number of hydrogen-bond donors (Lipinski definition) is 3. The van der Waals surface area contributed by atoms with Crippen molar-refractivity contribution in [2.24, 2.45) is 5.73 Å². The van der Waals surface area contributed by atoms with Gasteiger partial charge < -0.3 is 25.4 Å². The van der Waals surface area contributed by atoms with Crippen LogP contribution in [0.3, 0.4) is 0 Å². The molecule has 0 aliphatic heterocycles. The summed E-state index contributed by atoms with van der Waals surface area (Å²) < 4.78 is 12.9. The lowest BCUT2D eigenvalue weighted by atomic mass is 10.1. The zero-order valence-electron chi connectivity index (χ0n) is 16.4. The molecular formula is C24H23NO4S. The Bertz CT molecular complexity index is 1120. The molecule has 1 heterocycles. The molecule has 0 aliphatic rings. The monoisotopic (exact) mass is 421 g/mol. The summed E-state index contributed by atoms with van der Waals surface area (Å²) in [5, 5.41) is 20.4. The van der Waals surface area contributed by atoms with Crippen LogP contribution in [0.25, 0.3) is 20.5 Å². The van der Waals surface area contributed by atoms with Gasteiger partial charge in [0.2, 0.25) is 0 Å². The zero-order valence-corrected chi connectivity index (χ0v) is 17.2. The smallest absolute Gasteiger partial charge is 0.153 e. The van der Waals surface area contributed by atoms with Gasteiger partial charge in [0.1, 0.15) is 23.0 Å². The molecule has 0 amide bonds. The summed E-state index contributed by atoms with van der Waals surface area (Å²) in [7, 11) is 0. The average Bonchev–Trinajstić information content (AvgIpc) is 3.10. The first-order chi connectivity index (χ1) is 14.6. The molecular weight excluding hydrogens is 398 g/mol. The predicted octanol–water partition coefficient (Wildman–Crippen LogP) is 5.89. The van der Waals surface area contributed by atoms with Crippen molar-refractivity contribution in [1.82, 2.24) is 0 Å². The van der Waals surface area contributed by atoms with Gasteiger partial charge in [-0.05, 0) is 91.7 Å². The maximum atomic E-state index is 9.87. The Hall–Kier alpha value is -3.22. The molecule has 4 aromatic rings. The van der Waals surface area contributed by atoms with E-state index in [1.165, 1.54) is 11.3 Å². The van der Waals surface area contributed by atoms with E-state index in [1.54, 1.807) is 24.3 Å². The molecule has 0 saturated heterocycles. The largest absolute Gasteiger partial charge is 0.508 e. The van der Waals surface area contributed by atoms with Gasteiger partial charge in [0, 0.05) is 10.1 Å². The minimum absolute atomic E-state index is 0.210. The number of thiophene rings is 1. The Labute approximate surface area is 178 Å². The molecule has 0 bridgehead atoms. The molecule has 6 heteroatoms. The molecule has 154 valence electrons. The van der Waals surface area contributed by atoms with E-state index < -0.39 is 0 Å². The number of phenolic OH excluding ortho intramolecular Hbond substituents is 2. The van der Waals surface area contributed by atoms with E-state index in [4.69, 9.17) is 15.2 Å². The Morgan fingerprint density at radius 1 is 0.800 bits per heavy atom. The van der Waals surface area contributed by atoms with Gasteiger partial charge in [-0.15, -0.1) is 11.3 Å². The molecule has 0 fully saturated rings. The normalized spacial score (nSPS) is 11.0. The number of rotatable bonds is 8. The van der Waals surface area contributed by atoms with Gasteiger partial charge >= 0.3 is 0 Å². The van der Waals surface area contributed by atoms with Crippen LogP contribution < -0.4 is 15.2 Å². The fraction of sp³-hybridized carbons (Fsp3) is 0.167. The van der Waals surface area contributed by atoms with E-state index in [0.717, 1.165) is 44.9 Å². The summed E-state index contributed by atoms with van der Waals surface area (Å²) >= 11 is 1.53. The second kappa shape index (κ2) is 9.07. The highest BCUT2D eigenvalue weighted by molar-refractivity contribution is 7.22. The Morgan fingerprint density at radius 3 is 2.23 bits per heavy atom. The SMILES string of the molecule is NCCCCOc1ccc(Oc2c(-c3ccc(O)cc3)sc3cc(O)ccc23)cc1. The van der Waals surface area contributed by atoms with Crippen LogP contribution >= 0.6 is 11.3 Å². The first kappa shape index (κ1) is 20.1. The van der Waals surface area contributed by atoms with E-state index in [9.17, 15) is 10.2 Å². The molecule has 0 spiro atoms. The predicted molar refractivity (Wildman–Crippen MR) is 121 cm³/mol. The second-order valence-corrected chi connectivity index (χ2v) is 7.96. The van der Waals surface area contributed by atoms with Gasteiger partial charge in [-0.25, -0.2) is 0 Å². The van der Waals surface area contributed by atoms with Crippen molar-refractivity contribution in [1.29, 1.82) is 0 Å². The summed E-state index contributed by atoms with van der Waals surface area (Å²) in [5.74, 6) is 2.62. The molecule has 0 radical (unpaired) electrons. The Kier molecular flexibility index (Phi) is 6.07. The van der Waals surface area contributed by atoms with Crippen molar-refractivity contribution >= 4 is 21.4 Å². The third-order valence-electron chi connectivity index (χ3n) is 4.67. The van der Waals surface area contributed by atoms with Crippen LogP contribution in [0.2, 0.25) is 0 Å².